The second kappa shape index (κ2) is 6.86. The van der Waals surface area contributed by atoms with Crippen molar-refractivity contribution in [1.82, 2.24) is 0 Å². The molecule has 0 spiro atoms. The fourth-order valence-electron chi connectivity index (χ4n) is 1.58. The van der Waals surface area contributed by atoms with E-state index in [-0.39, 0.29) is 0 Å². The zero-order chi connectivity index (χ0) is 12.8. The fourth-order valence-corrected chi connectivity index (χ4v) is 8.74. The quantitative estimate of drug-likeness (QED) is 0.769. The third kappa shape index (κ3) is 3.30. The molecule has 0 aliphatic carbocycles. The van der Waals surface area contributed by atoms with E-state index in [2.05, 4.69) is 59.2 Å². The predicted molar refractivity (Wildman–Crippen MR) is 82.8 cm³/mol. The number of rotatable bonds is 5. The maximum absolute atomic E-state index is 3.27. The molecular weight excluding hydrogens is 354 g/mol. The van der Waals surface area contributed by atoms with E-state index in [4.69, 9.17) is 0 Å². The van der Waals surface area contributed by atoms with Gasteiger partial charge in [0.2, 0.25) is 0 Å². The number of hydrogen-bond acceptors (Lipinski definition) is 2. The van der Waals surface area contributed by atoms with Gasteiger partial charge in [-0.25, -0.2) is 0 Å². The molecule has 0 saturated carbocycles. The maximum atomic E-state index is 3.27. The molecule has 0 bridgehead atoms. The van der Waals surface area contributed by atoms with E-state index in [1.54, 1.807) is 0 Å². The Balaban J connectivity index is 2.11. The van der Waals surface area contributed by atoms with Crippen LogP contribution >= 0.6 is 0 Å². The first-order valence-electron chi connectivity index (χ1n) is 5.73. The first kappa shape index (κ1) is 13.5. The molecule has 0 aromatic heterocycles. The Kier molecular flexibility index (Phi) is 5.15. The van der Waals surface area contributed by atoms with Crippen LogP contribution in [-0.2, 0) is 0 Å². The molecule has 2 aromatic carbocycles. The van der Waals surface area contributed by atoms with Crippen molar-refractivity contribution in [2.45, 2.75) is 0 Å². The molecule has 18 heavy (non-hydrogen) atoms. The second-order valence-electron chi connectivity index (χ2n) is 3.66. The van der Waals surface area contributed by atoms with Gasteiger partial charge in [0.25, 0.3) is 0 Å². The summed E-state index contributed by atoms with van der Waals surface area (Å²) >= 11 is 1.03. The number of para-hydroxylation sites is 2. The van der Waals surface area contributed by atoms with E-state index < -0.39 is 0 Å². The summed E-state index contributed by atoms with van der Waals surface area (Å²) in [6.45, 7) is 0. The summed E-state index contributed by atoms with van der Waals surface area (Å²) in [4.78, 5) is 0. The minimum absolute atomic E-state index is 0.513. The third-order valence-corrected chi connectivity index (χ3v) is 9.78. The van der Waals surface area contributed by atoms with Gasteiger partial charge in [0.15, 0.2) is 0 Å². The summed E-state index contributed by atoms with van der Waals surface area (Å²) in [6.07, 6.45) is 0. The van der Waals surface area contributed by atoms with Crippen LogP contribution in [0.15, 0.2) is 48.5 Å². The van der Waals surface area contributed by atoms with Crippen LogP contribution in [0.4, 0.5) is 11.4 Å². The Morgan fingerprint density at radius 1 is 0.667 bits per heavy atom. The SMILES string of the molecule is CNc1ccccc1[Se][Se]c1ccccc1NC. The monoisotopic (exact) mass is 372 g/mol. The molecule has 0 fully saturated rings. The van der Waals surface area contributed by atoms with Crippen molar-refractivity contribution >= 4 is 46.6 Å². The third-order valence-electron chi connectivity index (χ3n) is 2.53. The van der Waals surface area contributed by atoms with Gasteiger partial charge in [-0.1, -0.05) is 0 Å². The van der Waals surface area contributed by atoms with Crippen LogP contribution < -0.4 is 19.6 Å². The fraction of sp³-hybridized carbons (Fsp3) is 0.143. The zero-order valence-electron chi connectivity index (χ0n) is 10.4. The summed E-state index contributed by atoms with van der Waals surface area (Å²) in [5.74, 6) is 0. The van der Waals surface area contributed by atoms with Gasteiger partial charge in [0, 0.05) is 0 Å². The topological polar surface area (TPSA) is 24.1 Å². The first-order chi connectivity index (χ1) is 8.85. The van der Waals surface area contributed by atoms with E-state index in [0.717, 1.165) is 0 Å². The van der Waals surface area contributed by atoms with Crippen LogP contribution in [0.1, 0.15) is 0 Å². The Morgan fingerprint density at radius 2 is 1.06 bits per heavy atom. The summed E-state index contributed by atoms with van der Waals surface area (Å²) in [7, 11) is 3.98. The molecule has 2 nitrogen and oxygen atoms in total. The van der Waals surface area contributed by atoms with Gasteiger partial charge in [-0.2, -0.15) is 0 Å². The van der Waals surface area contributed by atoms with Crippen LogP contribution in [0.3, 0.4) is 0 Å². The standard InChI is InChI=1S/C14H16N2Se2/c1-15-11-7-3-5-9-13(11)17-18-14-10-6-4-8-12(14)16-2/h3-10,15-16H,1-2H3. The molecule has 0 aliphatic heterocycles. The van der Waals surface area contributed by atoms with Crippen LogP contribution in [-0.4, -0.2) is 40.4 Å². The normalized spacial score (nSPS) is 10.1. The minimum atomic E-state index is 0.513. The average molecular weight is 370 g/mol. The molecule has 4 heteroatoms. The molecular formula is C14H16N2Se2. The summed E-state index contributed by atoms with van der Waals surface area (Å²) in [5, 5.41) is 6.54. The molecule has 2 rings (SSSR count). The average Bonchev–Trinajstić information content (AvgIpc) is 2.45. The Hall–Kier alpha value is -0.921. The van der Waals surface area contributed by atoms with Crippen LogP contribution in [0.25, 0.3) is 0 Å². The van der Waals surface area contributed by atoms with Gasteiger partial charge in [-0.05, 0) is 0 Å². The van der Waals surface area contributed by atoms with E-state index in [1.165, 1.54) is 20.3 Å². The molecule has 0 atom stereocenters. The molecule has 94 valence electrons. The van der Waals surface area contributed by atoms with Crippen LogP contribution in [0, 0.1) is 0 Å². The molecule has 0 radical (unpaired) electrons. The van der Waals surface area contributed by atoms with Crippen molar-refractivity contribution in [2.75, 3.05) is 24.7 Å². The molecule has 0 saturated heterocycles. The predicted octanol–water partition coefficient (Wildman–Crippen LogP) is 1.04. The van der Waals surface area contributed by atoms with E-state index in [0.29, 0.717) is 26.3 Å². The van der Waals surface area contributed by atoms with E-state index in [9.17, 15) is 0 Å². The molecule has 0 aliphatic rings. The summed E-state index contributed by atoms with van der Waals surface area (Å²) in [5.41, 5.74) is 2.53. The Morgan fingerprint density at radius 3 is 1.44 bits per heavy atom. The number of benzene rings is 2. The van der Waals surface area contributed by atoms with Crippen molar-refractivity contribution in [3.8, 4) is 0 Å². The van der Waals surface area contributed by atoms with E-state index in [1.807, 2.05) is 14.1 Å². The molecule has 0 amide bonds. The van der Waals surface area contributed by atoms with Gasteiger partial charge >= 0.3 is 120 Å². The second-order valence-corrected chi connectivity index (χ2v) is 9.84. The molecule has 2 N–H and O–H groups in total. The van der Waals surface area contributed by atoms with Gasteiger partial charge in [-0.3, -0.25) is 0 Å². The van der Waals surface area contributed by atoms with Gasteiger partial charge in [-0.15, -0.1) is 0 Å². The van der Waals surface area contributed by atoms with Gasteiger partial charge in [0.05, 0.1) is 0 Å². The molecule has 0 unspecified atom stereocenters. The zero-order valence-corrected chi connectivity index (χ0v) is 13.9. The van der Waals surface area contributed by atoms with Crippen molar-refractivity contribution in [2.24, 2.45) is 0 Å². The summed E-state index contributed by atoms with van der Waals surface area (Å²) < 4.78 is 2.91. The van der Waals surface area contributed by atoms with Crippen molar-refractivity contribution in [3.63, 3.8) is 0 Å². The Bertz CT molecular complexity index is 467. The Labute approximate surface area is 119 Å². The first-order valence-corrected chi connectivity index (χ1v) is 11.8. The molecule has 2 aromatic rings. The van der Waals surface area contributed by atoms with Gasteiger partial charge < -0.3 is 0 Å². The van der Waals surface area contributed by atoms with Crippen LogP contribution in [0.2, 0.25) is 0 Å². The number of anilines is 2. The van der Waals surface area contributed by atoms with E-state index >= 15 is 0 Å². The van der Waals surface area contributed by atoms with Crippen LogP contribution in [0.5, 0.6) is 0 Å². The van der Waals surface area contributed by atoms with Crippen molar-refractivity contribution in [3.05, 3.63) is 48.5 Å². The summed E-state index contributed by atoms with van der Waals surface area (Å²) in [6, 6.07) is 17.2. The molecule has 0 heterocycles. The van der Waals surface area contributed by atoms with Gasteiger partial charge in [0.1, 0.15) is 0 Å². The number of hydrogen-bond donors (Lipinski definition) is 2. The van der Waals surface area contributed by atoms with Crippen molar-refractivity contribution < 1.29 is 0 Å². The van der Waals surface area contributed by atoms with Crippen molar-refractivity contribution in [1.29, 1.82) is 0 Å². The number of nitrogens with one attached hydrogen (secondary N) is 2.